The van der Waals surface area contributed by atoms with Crippen LogP contribution in [0, 0.1) is 15.9 Å². The molecule has 1 aromatic heterocycles. The lowest BCUT2D eigenvalue weighted by atomic mass is 10.1. The fourth-order valence-electron chi connectivity index (χ4n) is 3.17. The fourth-order valence-corrected chi connectivity index (χ4v) is 3.91. The molecule has 0 spiro atoms. The van der Waals surface area contributed by atoms with Crippen LogP contribution >= 0.6 is 11.5 Å². The predicted molar refractivity (Wildman–Crippen MR) is 107 cm³/mol. The molecular weight excluding hydrogens is 381 g/mol. The Morgan fingerprint density at radius 1 is 1.00 bits per heavy atom. The number of halogens is 1. The van der Waals surface area contributed by atoms with Gasteiger partial charge < -0.3 is 9.80 Å². The maximum Gasteiger partial charge on any atom is 0.269 e. The zero-order valence-corrected chi connectivity index (χ0v) is 15.8. The summed E-state index contributed by atoms with van der Waals surface area (Å²) in [5.41, 5.74) is 2.07. The maximum absolute atomic E-state index is 13.0. The number of non-ortho nitro benzene ring substituents is 1. The Labute approximate surface area is 165 Å². The van der Waals surface area contributed by atoms with E-state index in [2.05, 4.69) is 19.2 Å². The molecule has 1 aliphatic heterocycles. The molecule has 0 bridgehead atoms. The molecule has 28 heavy (non-hydrogen) atoms. The molecule has 0 N–H and O–H groups in total. The molecule has 0 saturated carbocycles. The van der Waals surface area contributed by atoms with Crippen LogP contribution in [0.3, 0.4) is 0 Å². The van der Waals surface area contributed by atoms with Crippen LogP contribution in [-0.4, -0.2) is 40.5 Å². The number of nitrogens with zero attached hydrogens (tertiary/aromatic N) is 5. The Hall–Kier alpha value is -3.07. The Morgan fingerprint density at radius 2 is 1.64 bits per heavy atom. The van der Waals surface area contributed by atoms with E-state index in [1.165, 1.54) is 35.8 Å². The van der Waals surface area contributed by atoms with Crippen LogP contribution in [0.15, 0.2) is 48.5 Å². The number of aromatic nitrogens is 2. The largest absolute Gasteiger partial charge is 0.368 e. The molecule has 0 aliphatic carbocycles. The highest BCUT2D eigenvalue weighted by Crippen LogP contribution is 2.24. The SMILES string of the molecule is O=[N+]([O-])c1ccc(N2CCN(c3nc(Cc4ccc(F)cc4)ns3)CC2)cc1. The number of benzene rings is 2. The topological polar surface area (TPSA) is 75.4 Å². The monoisotopic (exact) mass is 399 g/mol. The van der Waals surface area contributed by atoms with E-state index >= 15 is 0 Å². The number of hydrogen-bond donors (Lipinski definition) is 0. The molecule has 2 aromatic carbocycles. The lowest BCUT2D eigenvalue weighted by Gasteiger charge is -2.35. The fraction of sp³-hybridized carbons (Fsp3) is 0.263. The molecule has 2 heterocycles. The van der Waals surface area contributed by atoms with Crippen molar-refractivity contribution < 1.29 is 9.31 Å². The van der Waals surface area contributed by atoms with Gasteiger partial charge in [-0.3, -0.25) is 10.1 Å². The second-order valence-corrected chi connectivity index (χ2v) is 7.27. The smallest absolute Gasteiger partial charge is 0.269 e. The molecule has 1 fully saturated rings. The molecule has 1 aliphatic rings. The van der Waals surface area contributed by atoms with E-state index in [-0.39, 0.29) is 16.4 Å². The third kappa shape index (κ3) is 4.09. The highest BCUT2D eigenvalue weighted by molar-refractivity contribution is 7.09. The van der Waals surface area contributed by atoms with Crippen molar-refractivity contribution in [2.75, 3.05) is 36.0 Å². The number of anilines is 2. The zero-order valence-electron chi connectivity index (χ0n) is 15.0. The van der Waals surface area contributed by atoms with Crippen LogP contribution in [0.5, 0.6) is 0 Å². The number of hydrogen-bond acceptors (Lipinski definition) is 7. The average Bonchev–Trinajstić information content (AvgIpc) is 3.18. The van der Waals surface area contributed by atoms with E-state index < -0.39 is 0 Å². The van der Waals surface area contributed by atoms with Gasteiger partial charge in [0.2, 0.25) is 5.13 Å². The molecule has 0 amide bonds. The standard InChI is InChI=1S/C19H18FN5O2S/c20-15-3-1-14(2-4-15)13-18-21-19(28-22-18)24-11-9-23(10-12-24)16-5-7-17(8-6-16)25(26)27/h1-8H,9-13H2. The van der Waals surface area contributed by atoms with Crippen molar-refractivity contribution in [2.24, 2.45) is 0 Å². The molecule has 144 valence electrons. The number of rotatable bonds is 5. The van der Waals surface area contributed by atoms with E-state index in [0.29, 0.717) is 6.42 Å². The summed E-state index contributed by atoms with van der Waals surface area (Å²) in [4.78, 5) is 19.4. The van der Waals surface area contributed by atoms with Gasteiger partial charge in [0.1, 0.15) is 11.6 Å². The second kappa shape index (κ2) is 7.89. The molecular formula is C19H18FN5O2S. The minimum Gasteiger partial charge on any atom is -0.368 e. The molecule has 4 rings (SSSR count). The second-order valence-electron chi connectivity index (χ2n) is 6.54. The molecule has 1 saturated heterocycles. The van der Waals surface area contributed by atoms with Gasteiger partial charge in [0, 0.05) is 62.0 Å². The van der Waals surface area contributed by atoms with Gasteiger partial charge in [0.05, 0.1) is 4.92 Å². The summed E-state index contributed by atoms with van der Waals surface area (Å²) in [5.74, 6) is 0.492. The third-order valence-electron chi connectivity index (χ3n) is 4.71. The minimum absolute atomic E-state index is 0.102. The van der Waals surface area contributed by atoms with Gasteiger partial charge in [-0.05, 0) is 29.8 Å². The quantitative estimate of drug-likeness (QED) is 0.483. The van der Waals surface area contributed by atoms with E-state index in [9.17, 15) is 14.5 Å². The molecule has 0 radical (unpaired) electrons. The highest BCUT2D eigenvalue weighted by Gasteiger charge is 2.21. The normalized spacial score (nSPS) is 14.3. The summed E-state index contributed by atoms with van der Waals surface area (Å²) in [7, 11) is 0. The van der Waals surface area contributed by atoms with Gasteiger partial charge in [0.15, 0.2) is 0 Å². The average molecular weight is 399 g/mol. The molecule has 0 atom stereocenters. The van der Waals surface area contributed by atoms with Gasteiger partial charge in [-0.2, -0.15) is 4.37 Å². The lowest BCUT2D eigenvalue weighted by Crippen LogP contribution is -2.46. The molecule has 7 nitrogen and oxygen atoms in total. The number of nitro benzene ring substituents is 1. The Kier molecular flexibility index (Phi) is 5.16. The van der Waals surface area contributed by atoms with Crippen molar-refractivity contribution in [1.82, 2.24) is 9.36 Å². The van der Waals surface area contributed by atoms with E-state index in [1.54, 1.807) is 24.3 Å². The van der Waals surface area contributed by atoms with Crippen molar-refractivity contribution in [1.29, 1.82) is 0 Å². The van der Waals surface area contributed by atoms with Crippen LogP contribution in [0.25, 0.3) is 0 Å². The Morgan fingerprint density at radius 3 is 2.29 bits per heavy atom. The van der Waals surface area contributed by atoms with Crippen molar-refractivity contribution in [3.63, 3.8) is 0 Å². The summed E-state index contributed by atoms with van der Waals surface area (Å²) in [5, 5.41) is 11.7. The van der Waals surface area contributed by atoms with E-state index in [0.717, 1.165) is 48.4 Å². The van der Waals surface area contributed by atoms with Crippen molar-refractivity contribution in [3.8, 4) is 0 Å². The predicted octanol–water partition coefficient (Wildman–Crippen LogP) is 3.50. The summed E-state index contributed by atoms with van der Waals surface area (Å²) < 4.78 is 17.4. The van der Waals surface area contributed by atoms with Crippen LogP contribution in [-0.2, 0) is 6.42 Å². The van der Waals surface area contributed by atoms with Gasteiger partial charge in [0.25, 0.3) is 5.69 Å². The summed E-state index contributed by atoms with van der Waals surface area (Å²) >= 11 is 1.38. The molecule has 0 unspecified atom stereocenters. The van der Waals surface area contributed by atoms with Gasteiger partial charge in [-0.25, -0.2) is 9.37 Å². The van der Waals surface area contributed by atoms with Gasteiger partial charge >= 0.3 is 0 Å². The van der Waals surface area contributed by atoms with E-state index in [1.807, 2.05) is 0 Å². The lowest BCUT2D eigenvalue weighted by molar-refractivity contribution is -0.384. The van der Waals surface area contributed by atoms with Crippen LogP contribution in [0.2, 0.25) is 0 Å². The van der Waals surface area contributed by atoms with Crippen molar-refractivity contribution in [2.45, 2.75) is 6.42 Å². The summed E-state index contributed by atoms with van der Waals surface area (Å²) in [6.07, 6.45) is 0.583. The van der Waals surface area contributed by atoms with Crippen LogP contribution < -0.4 is 9.80 Å². The molecule has 3 aromatic rings. The highest BCUT2D eigenvalue weighted by atomic mass is 32.1. The number of nitro groups is 1. The van der Waals surface area contributed by atoms with Crippen LogP contribution in [0.4, 0.5) is 20.9 Å². The van der Waals surface area contributed by atoms with E-state index in [4.69, 9.17) is 0 Å². The van der Waals surface area contributed by atoms with Crippen LogP contribution in [0.1, 0.15) is 11.4 Å². The maximum atomic E-state index is 13.0. The van der Waals surface area contributed by atoms with Gasteiger partial charge in [-0.1, -0.05) is 12.1 Å². The van der Waals surface area contributed by atoms with Crippen molar-refractivity contribution in [3.05, 3.63) is 75.9 Å². The molecule has 9 heteroatoms. The summed E-state index contributed by atoms with van der Waals surface area (Å²) in [6.45, 7) is 3.24. The zero-order chi connectivity index (χ0) is 19.5. The first-order valence-electron chi connectivity index (χ1n) is 8.90. The summed E-state index contributed by atoms with van der Waals surface area (Å²) in [6, 6.07) is 13.0. The first-order valence-corrected chi connectivity index (χ1v) is 9.67. The van der Waals surface area contributed by atoms with Gasteiger partial charge in [-0.15, -0.1) is 0 Å². The Balaban J connectivity index is 1.35. The first-order chi connectivity index (χ1) is 13.6. The Bertz CT molecular complexity index is 953. The first kappa shape index (κ1) is 18.3. The minimum atomic E-state index is -0.388. The van der Waals surface area contributed by atoms with Crippen molar-refractivity contribution >= 4 is 28.0 Å². The third-order valence-corrected chi connectivity index (χ3v) is 5.52. The number of piperazine rings is 1.